The van der Waals surface area contributed by atoms with E-state index in [0.29, 0.717) is 28.7 Å². The summed E-state index contributed by atoms with van der Waals surface area (Å²) in [7, 11) is 1.54. The van der Waals surface area contributed by atoms with Gasteiger partial charge in [0.25, 0.3) is 0 Å². The minimum absolute atomic E-state index is 0.306. The number of para-hydroxylation sites is 2. The molecule has 2 aromatic heterocycles. The van der Waals surface area contributed by atoms with Crippen LogP contribution < -0.4 is 10.1 Å². The monoisotopic (exact) mass is 360 g/mol. The lowest BCUT2D eigenvalue weighted by molar-refractivity contribution is -0.111. The zero-order chi connectivity index (χ0) is 18.6. The van der Waals surface area contributed by atoms with Crippen molar-refractivity contribution in [3.63, 3.8) is 0 Å². The molecule has 0 spiro atoms. The predicted octanol–water partition coefficient (Wildman–Crippen LogP) is 4.75. The molecule has 2 aromatic carbocycles. The van der Waals surface area contributed by atoms with Gasteiger partial charge in [0.2, 0.25) is 11.8 Å². The molecular weight excluding hydrogens is 344 g/mol. The second-order valence-corrected chi connectivity index (χ2v) is 5.74. The predicted molar refractivity (Wildman–Crippen MR) is 102 cm³/mol. The van der Waals surface area contributed by atoms with Crippen LogP contribution in [0.4, 0.5) is 5.69 Å². The molecule has 27 heavy (non-hydrogen) atoms. The number of carbonyl (C=O) groups excluding carboxylic acids is 1. The van der Waals surface area contributed by atoms with E-state index in [-0.39, 0.29) is 5.91 Å². The molecule has 4 rings (SSSR count). The number of aromatic nitrogens is 1. The SMILES string of the molecule is COc1ccc(-c2nc3ccccc3o2)cc1NC(=O)C=Cc1ccco1. The lowest BCUT2D eigenvalue weighted by atomic mass is 10.2. The first-order chi connectivity index (χ1) is 13.2. The number of oxazole rings is 1. The van der Waals surface area contributed by atoms with Crippen LogP contribution in [0.15, 0.2) is 75.8 Å². The second-order valence-electron chi connectivity index (χ2n) is 5.74. The van der Waals surface area contributed by atoms with Crippen LogP contribution in [0.5, 0.6) is 5.75 Å². The fourth-order valence-electron chi connectivity index (χ4n) is 2.65. The number of nitrogens with zero attached hydrogens (tertiary/aromatic N) is 1. The van der Waals surface area contributed by atoms with Gasteiger partial charge in [-0.25, -0.2) is 4.98 Å². The highest BCUT2D eigenvalue weighted by molar-refractivity contribution is 6.03. The summed E-state index contributed by atoms with van der Waals surface area (Å²) in [4.78, 5) is 16.7. The average molecular weight is 360 g/mol. The lowest BCUT2D eigenvalue weighted by Crippen LogP contribution is -2.09. The Hall–Kier alpha value is -3.80. The summed E-state index contributed by atoms with van der Waals surface area (Å²) in [6, 6.07) is 16.4. The molecule has 6 nitrogen and oxygen atoms in total. The maximum atomic E-state index is 12.2. The van der Waals surface area contributed by atoms with Crippen LogP contribution >= 0.6 is 0 Å². The molecule has 1 amide bonds. The molecule has 0 unspecified atom stereocenters. The minimum atomic E-state index is -0.306. The fraction of sp³-hybridized carbons (Fsp3) is 0.0476. The normalized spacial score (nSPS) is 11.1. The quantitative estimate of drug-likeness (QED) is 0.520. The van der Waals surface area contributed by atoms with Crippen molar-refractivity contribution in [2.45, 2.75) is 0 Å². The summed E-state index contributed by atoms with van der Waals surface area (Å²) in [5, 5.41) is 2.81. The summed E-state index contributed by atoms with van der Waals surface area (Å²) in [5.41, 5.74) is 2.73. The highest BCUT2D eigenvalue weighted by Gasteiger charge is 2.12. The molecule has 0 atom stereocenters. The van der Waals surface area contributed by atoms with Crippen molar-refractivity contribution < 1.29 is 18.4 Å². The molecule has 0 saturated carbocycles. The fourth-order valence-corrected chi connectivity index (χ4v) is 2.65. The molecule has 1 N–H and O–H groups in total. The summed E-state index contributed by atoms with van der Waals surface area (Å²) < 4.78 is 16.3. The van der Waals surface area contributed by atoms with Crippen LogP contribution in [-0.4, -0.2) is 18.0 Å². The first kappa shape index (κ1) is 16.7. The van der Waals surface area contributed by atoms with E-state index in [1.54, 1.807) is 43.7 Å². The maximum absolute atomic E-state index is 12.2. The standard InChI is InChI=1S/C21H16N2O4/c1-25-18-10-8-14(21-23-16-6-2-3-7-19(16)27-21)13-17(18)22-20(24)11-9-15-5-4-12-26-15/h2-13H,1H3,(H,22,24). The van der Waals surface area contributed by atoms with Gasteiger partial charge in [-0.05, 0) is 48.5 Å². The van der Waals surface area contributed by atoms with Crippen molar-refractivity contribution >= 4 is 28.8 Å². The first-order valence-corrected chi connectivity index (χ1v) is 8.29. The molecule has 2 heterocycles. The van der Waals surface area contributed by atoms with E-state index in [1.165, 1.54) is 6.08 Å². The summed E-state index contributed by atoms with van der Waals surface area (Å²) in [6.07, 6.45) is 4.53. The number of hydrogen-bond acceptors (Lipinski definition) is 5. The van der Waals surface area contributed by atoms with Crippen molar-refractivity contribution in [3.8, 4) is 17.2 Å². The molecule has 0 aliphatic heterocycles. The van der Waals surface area contributed by atoms with Crippen LogP contribution in [0.1, 0.15) is 5.76 Å². The van der Waals surface area contributed by atoms with Crippen LogP contribution in [0.25, 0.3) is 28.6 Å². The molecule has 0 fully saturated rings. The number of rotatable bonds is 5. The van der Waals surface area contributed by atoms with E-state index in [1.807, 2.05) is 30.3 Å². The van der Waals surface area contributed by atoms with Gasteiger partial charge >= 0.3 is 0 Å². The Bertz CT molecular complexity index is 1080. The number of ether oxygens (including phenoxy) is 1. The number of amides is 1. The molecule has 0 aliphatic carbocycles. The van der Waals surface area contributed by atoms with Gasteiger partial charge in [-0.1, -0.05) is 12.1 Å². The van der Waals surface area contributed by atoms with Crippen molar-refractivity contribution in [2.75, 3.05) is 12.4 Å². The Balaban J connectivity index is 1.61. The number of methoxy groups -OCH3 is 1. The molecule has 134 valence electrons. The van der Waals surface area contributed by atoms with Crippen LogP contribution in [0.2, 0.25) is 0 Å². The zero-order valence-electron chi connectivity index (χ0n) is 14.5. The Morgan fingerprint density at radius 1 is 1.15 bits per heavy atom. The number of fused-ring (bicyclic) bond motifs is 1. The molecule has 0 radical (unpaired) electrons. The van der Waals surface area contributed by atoms with Gasteiger partial charge in [0, 0.05) is 11.6 Å². The maximum Gasteiger partial charge on any atom is 0.248 e. The number of anilines is 1. The molecule has 4 aromatic rings. The van der Waals surface area contributed by atoms with Gasteiger partial charge in [-0.3, -0.25) is 4.79 Å². The van der Waals surface area contributed by atoms with Gasteiger partial charge in [-0.2, -0.15) is 0 Å². The Morgan fingerprint density at radius 2 is 2.04 bits per heavy atom. The third-order valence-electron chi connectivity index (χ3n) is 3.94. The topological polar surface area (TPSA) is 77.5 Å². The van der Waals surface area contributed by atoms with Crippen molar-refractivity contribution in [1.29, 1.82) is 0 Å². The third-order valence-corrected chi connectivity index (χ3v) is 3.94. The van der Waals surface area contributed by atoms with Gasteiger partial charge in [0.05, 0.1) is 19.1 Å². The molecule has 0 bridgehead atoms. The Labute approximate surface area is 155 Å². The first-order valence-electron chi connectivity index (χ1n) is 8.29. The largest absolute Gasteiger partial charge is 0.495 e. The van der Waals surface area contributed by atoms with E-state index in [9.17, 15) is 4.79 Å². The Kier molecular flexibility index (Phi) is 4.45. The minimum Gasteiger partial charge on any atom is -0.495 e. The highest BCUT2D eigenvalue weighted by Crippen LogP contribution is 2.31. The molecular formula is C21H16N2O4. The number of nitrogens with one attached hydrogen (secondary N) is 1. The zero-order valence-corrected chi connectivity index (χ0v) is 14.5. The van der Waals surface area contributed by atoms with E-state index < -0.39 is 0 Å². The smallest absolute Gasteiger partial charge is 0.248 e. The van der Waals surface area contributed by atoms with E-state index in [2.05, 4.69) is 10.3 Å². The van der Waals surface area contributed by atoms with Gasteiger partial charge in [0.1, 0.15) is 17.0 Å². The highest BCUT2D eigenvalue weighted by atomic mass is 16.5. The van der Waals surface area contributed by atoms with Crippen LogP contribution in [0, 0.1) is 0 Å². The van der Waals surface area contributed by atoms with Crippen molar-refractivity contribution in [1.82, 2.24) is 4.98 Å². The van der Waals surface area contributed by atoms with Crippen LogP contribution in [-0.2, 0) is 4.79 Å². The van der Waals surface area contributed by atoms with Gasteiger partial charge < -0.3 is 18.9 Å². The summed E-state index contributed by atoms with van der Waals surface area (Å²) >= 11 is 0. The van der Waals surface area contributed by atoms with E-state index in [0.717, 1.165) is 11.1 Å². The third kappa shape index (κ3) is 3.59. The summed E-state index contributed by atoms with van der Waals surface area (Å²) in [5.74, 6) is 1.30. The van der Waals surface area contributed by atoms with E-state index >= 15 is 0 Å². The summed E-state index contributed by atoms with van der Waals surface area (Å²) in [6.45, 7) is 0. The average Bonchev–Trinajstić information content (AvgIpc) is 3.35. The van der Waals surface area contributed by atoms with Gasteiger partial charge in [-0.15, -0.1) is 0 Å². The number of carbonyl (C=O) groups is 1. The lowest BCUT2D eigenvalue weighted by Gasteiger charge is -2.10. The number of furan rings is 1. The Morgan fingerprint density at radius 3 is 2.81 bits per heavy atom. The number of hydrogen-bond donors (Lipinski definition) is 1. The molecule has 6 heteroatoms. The van der Waals surface area contributed by atoms with Crippen molar-refractivity contribution in [2.24, 2.45) is 0 Å². The van der Waals surface area contributed by atoms with Crippen LogP contribution in [0.3, 0.4) is 0 Å². The number of benzene rings is 2. The second kappa shape index (κ2) is 7.21. The van der Waals surface area contributed by atoms with Crippen molar-refractivity contribution in [3.05, 3.63) is 72.7 Å². The van der Waals surface area contributed by atoms with E-state index in [4.69, 9.17) is 13.6 Å². The molecule has 0 saturated heterocycles. The molecule has 0 aliphatic rings. The van der Waals surface area contributed by atoms with Gasteiger partial charge in [0.15, 0.2) is 5.58 Å².